The molecule has 2 amide bonds. The minimum Gasteiger partial charge on any atom is -0.456 e. The van der Waals surface area contributed by atoms with Gasteiger partial charge in [-0.1, -0.05) is 42.1 Å². The van der Waals surface area contributed by atoms with E-state index in [9.17, 15) is 14.4 Å². The van der Waals surface area contributed by atoms with Crippen molar-refractivity contribution in [2.24, 2.45) is 0 Å². The first-order valence-electron chi connectivity index (χ1n) is 7.74. The Bertz CT molecular complexity index is 1060. The monoisotopic (exact) mass is 351 g/mol. The van der Waals surface area contributed by atoms with Gasteiger partial charge in [-0.15, -0.1) is 0 Å². The summed E-state index contributed by atoms with van der Waals surface area (Å²) in [5.74, 6) is 0.211. The van der Waals surface area contributed by atoms with Gasteiger partial charge in [0.1, 0.15) is 11.3 Å². The van der Waals surface area contributed by atoms with Crippen LogP contribution in [0, 0.1) is 0 Å². The Balaban J connectivity index is 1.69. The molecule has 1 aromatic heterocycles. The molecule has 3 aromatic rings. The van der Waals surface area contributed by atoms with Gasteiger partial charge in [-0.25, -0.2) is 0 Å². The maximum atomic E-state index is 12.3. The fourth-order valence-corrected chi connectivity index (χ4v) is 3.70. The Hall–Kier alpha value is -2.86. The molecule has 0 saturated carbocycles. The summed E-state index contributed by atoms with van der Waals surface area (Å²) in [7, 11) is 0. The summed E-state index contributed by atoms with van der Waals surface area (Å²) < 4.78 is 5.85. The van der Waals surface area contributed by atoms with Crippen LogP contribution in [0.25, 0.3) is 22.3 Å². The van der Waals surface area contributed by atoms with E-state index in [1.54, 1.807) is 18.2 Å². The van der Waals surface area contributed by atoms with E-state index in [-0.39, 0.29) is 16.6 Å². The van der Waals surface area contributed by atoms with Crippen LogP contribution < -0.4 is 10.7 Å². The quantitative estimate of drug-likeness (QED) is 0.783. The molecule has 1 unspecified atom stereocenters. The van der Waals surface area contributed by atoms with Gasteiger partial charge in [-0.05, 0) is 30.2 Å². The number of benzene rings is 2. The average molecular weight is 351 g/mol. The first-order chi connectivity index (χ1) is 12.1. The van der Waals surface area contributed by atoms with Crippen LogP contribution in [0.4, 0.5) is 4.79 Å². The third kappa shape index (κ3) is 3.08. The van der Waals surface area contributed by atoms with Gasteiger partial charge in [0.25, 0.3) is 5.24 Å². The molecule has 1 atom stereocenters. The first kappa shape index (κ1) is 15.7. The second-order valence-corrected chi connectivity index (χ2v) is 6.93. The number of carbonyl (C=O) groups is 2. The number of hydrogen-bond donors (Lipinski definition) is 1. The molecule has 6 heteroatoms. The molecule has 1 aliphatic rings. The molecule has 4 rings (SSSR count). The van der Waals surface area contributed by atoms with Crippen molar-refractivity contribution < 1.29 is 14.0 Å². The van der Waals surface area contributed by atoms with Gasteiger partial charge in [0.2, 0.25) is 5.91 Å². The van der Waals surface area contributed by atoms with Crippen LogP contribution in [0.15, 0.2) is 63.8 Å². The molecule has 1 aliphatic heterocycles. The summed E-state index contributed by atoms with van der Waals surface area (Å²) in [6.07, 6.45) is 0.438. The van der Waals surface area contributed by atoms with Crippen LogP contribution in [0.5, 0.6) is 0 Å². The number of hydrogen-bond acceptors (Lipinski definition) is 5. The first-order valence-corrected chi connectivity index (χ1v) is 8.62. The summed E-state index contributed by atoms with van der Waals surface area (Å²) in [4.78, 5) is 35.3. The van der Waals surface area contributed by atoms with Gasteiger partial charge in [0, 0.05) is 11.6 Å². The third-order valence-corrected chi connectivity index (χ3v) is 5.02. The van der Waals surface area contributed by atoms with Crippen molar-refractivity contribution in [2.45, 2.75) is 11.7 Å². The molecule has 124 valence electrons. The van der Waals surface area contributed by atoms with Crippen molar-refractivity contribution in [3.8, 4) is 11.3 Å². The number of imide groups is 1. The van der Waals surface area contributed by atoms with E-state index in [1.807, 2.05) is 30.3 Å². The lowest BCUT2D eigenvalue weighted by Crippen LogP contribution is -2.25. The highest BCUT2D eigenvalue weighted by Crippen LogP contribution is 2.26. The maximum absolute atomic E-state index is 12.3. The van der Waals surface area contributed by atoms with Crippen molar-refractivity contribution in [3.63, 3.8) is 0 Å². The molecule has 1 N–H and O–H groups in total. The molecule has 5 nitrogen and oxygen atoms in total. The highest BCUT2D eigenvalue weighted by atomic mass is 32.2. The van der Waals surface area contributed by atoms with Gasteiger partial charge >= 0.3 is 0 Å². The number of carbonyl (C=O) groups excluding carboxylic acids is 2. The largest absolute Gasteiger partial charge is 0.456 e. The van der Waals surface area contributed by atoms with Crippen LogP contribution >= 0.6 is 11.8 Å². The van der Waals surface area contributed by atoms with Crippen molar-refractivity contribution in [1.29, 1.82) is 0 Å². The van der Waals surface area contributed by atoms with Crippen molar-refractivity contribution in [2.75, 3.05) is 0 Å². The summed E-state index contributed by atoms with van der Waals surface area (Å²) in [5.41, 5.74) is 2.09. The summed E-state index contributed by atoms with van der Waals surface area (Å²) in [6, 6.07) is 16.0. The van der Waals surface area contributed by atoms with Gasteiger partial charge in [-0.2, -0.15) is 0 Å². The van der Waals surface area contributed by atoms with Crippen molar-refractivity contribution in [3.05, 3.63) is 70.4 Å². The standard InChI is InChI=1S/C19H13NO4S/c21-14-10-16(24-15-7-2-1-6-13(14)15)12-5-3-4-11(8-12)9-17-18(22)20-19(23)25-17/h1-8,10,17H,9H2,(H,20,22,23). The number of amides is 2. The zero-order chi connectivity index (χ0) is 17.4. The zero-order valence-electron chi connectivity index (χ0n) is 13.0. The van der Waals surface area contributed by atoms with Crippen LogP contribution in [0.3, 0.4) is 0 Å². The Morgan fingerprint density at radius 2 is 1.84 bits per heavy atom. The molecule has 2 aromatic carbocycles. The molecule has 0 spiro atoms. The Morgan fingerprint density at radius 1 is 1.00 bits per heavy atom. The minimum absolute atomic E-state index is 0.0985. The Labute approximate surface area is 147 Å². The highest BCUT2D eigenvalue weighted by Gasteiger charge is 2.31. The Morgan fingerprint density at radius 3 is 2.64 bits per heavy atom. The topological polar surface area (TPSA) is 76.4 Å². The van der Waals surface area contributed by atoms with Gasteiger partial charge in [0.15, 0.2) is 5.43 Å². The molecule has 0 aliphatic carbocycles. The number of fused-ring (bicyclic) bond motifs is 1. The Kier molecular flexibility index (Phi) is 3.89. The molecule has 1 fully saturated rings. The number of nitrogens with one attached hydrogen (secondary N) is 1. The second kappa shape index (κ2) is 6.22. The van der Waals surface area contributed by atoms with Crippen LogP contribution in [0.1, 0.15) is 5.56 Å². The molecular formula is C19H13NO4S. The summed E-state index contributed by atoms with van der Waals surface area (Å²) in [5, 5.41) is 2.09. The normalized spacial score (nSPS) is 17.0. The van der Waals surface area contributed by atoms with E-state index >= 15 is 0 Å². The SMILES string of the molecule is O=C1NC(=O)C(Cc2cccc(-c3cc(=O)c4ccccc4o3)c2)S1. The third-order valence-electron chi connectivity index (χ3n) is 4.03. The molecule has 1 saturated heterocycles. The van der Waals surface area contributed by atoms with E-state index in [0.29, 0.717) is 23.2 Å². The number of rotatable bonds is 3. The number of thioether (sulfide) groups is 1. The van der Waals surface area contributed by atoms with Crippen molar-refractivity contribution in [1.82, 2.24) is 5.32 Å². The fourth-order valence-electron chi connectivity index (χ4n) is 2.84. The van der Waals surface area contributed by atoms with Gasteiger partial charge < -0.3 is 4.42 Å². The van der Waals surface area contributed by atoms with E-state index in [2.05, 4.69) is 5.32 Å². The molecule has 0 bridgehead atoms. The fraction of sp³-hybridized carbons (Fsp3) is 0.105. The minimum atomic E-state index is -0.425. The van der Waals surface area contributed by atoms with E-state index in [1.165, 1.54) is 6.07 Å². The lowest BCUT2D eigenvalue weighted by Gasteiger charge is -2.08. The van der Waals surface area contributed by atoms with Crippen LogP contribution in [0.2, 0.25) is 0 Å². The molecule has 2 heterocycles. The predicted octanol–water partition coefficient (Wildman–Crippen LogP) is 3.35. The second-order valence-electron chi connectivity index (χ2n) is 5.76. The highest BCUT2D eigenvalue weighted by molar-refractivity contribution is 8.15. The van der Waals surface area contributed by atoms with Crippen LogP contribution in [-0.4, -0.2) is 16.4 Å². The molecular weight excluding hydrogens is 338 g/mol. The summed E-state index contributed by atoms with van der Waals surface area (Å²) in [6.45, 7) is 0. The summed E-state index contributed by atoms with van der Waals surface area (Å²) >= 11 is 1.00. The molecule has 0 radical (unpaired) electrons. The predicted molar refractivity (Wildman–Crippen MR) is 96.5 cm³/mol. The maximum Gasteiger partial charge on any atom is 0.286 e. The van der Waals surface area contributed by atoms with Gasteiger partial charge in [-0.3, -0.25) is 19.7 Å². The smallest absolute Gasteiger partial charge is 0.286 e. The van der Waals surface area contributed by atoms with Crippen LogP contribution in [-0.2, 0) is 11.2 Å². The van der Waals surface area contributed by atoms with Gasteiger partial charge in [0.05, 0.1) is 10.6 Å². The van der Waals surface area contributed by atoms with E-state index < -0.39 is 5.25 Å². The van der Waals surface area contributed by atoms with Crippen molar-refractivity contribution >= 4 is 33.9 Å². The zero-order valence-corrected chi connectivity index (χ0v) is 13.8. The molecule has 25 heavy (non-hydrogen) atoms. The van der Waals surface area contributed by atoms with E-state index in [4.69, 9.17) is 4.42 Å². The van der Waals surface area contributed by atoms with E-state index in [0.717, 1.165) is 22.9 Å². The number of para-hydroxylation sites is 1. The lowest BCUT2D eigenvalue weighted by atomic mass is 10.0. The average Bonchev–Trinajstić information content (AvgIpc) is 2.92. The lowest BCUT2D eigenvalue weighted by molar-refractivity contribution is -0.118.